The molecular weight excluding hydrogens is 348 g/mol. The number of esters is 1. The standard InChI is InChI=1S/C20H20N2O5/c1-13-11-17(23)21-15-9-5-6-10-16(15)22(13)18(24)12-27-20(26)19(25)14-7-3-2-4-8-14/h2-10,13,19,25H,11-12H2,1H3,(H,21,23)/t13-,19+/m0/s1. The summed E-state index contributed by atoms with van der Waals surface area (Å²) < 4.78 is 5.02. The first-order valence-electron chi connectivity index (χ1n) is 8.58. The second-order valence-electron chi connectivity index (χ2n) is 6.30. The third-order valence-corrected chi connectivity index (χ3v) is 4.30. The molecule has 0 aliphatic carbocycles. The van der Waals surface area contributed by atoms with Gasteiger partial charge in [-0.25, -0.2) is 4.79 Å². The highest BCUT2D eigenvalue weighted by molar-refractivity contribution is 6.05. The Hall–Kier alpha value is -3.19. The highest BCUT2D eigenvalue weighted by Crippen LogP contribution is 2.31. The van der Waals surface area contributed by atoms with E-state index in [-0.39, 0.29) is 12.3 Å². The van der Waals surface area contributed by atoms with Gasteiger partial charge in [-0.05, 0) is 24.6 Å². The smallest absolute Gasteiger partial charge is 0.340 e. The largest absolute Gasteiger partial charge is 0.453 e. The van der Waals surface area contributed by atoms with Crippen LogP contribution in [-0.2, 0) is 19.1 Å². The summed E-state index contributed by atoms with van der Waals surface area (Å²) in [7, 11) is 0. The van der Waals surface area contributed by atoms with Crippen molar-refractivity contribution in [1.82, 2.24) is 0 Å². The first kappa shape index (κ1) is 18.6. The molecule has 2 aromatic rings. The van der Waals surface area contributed by atoms with Gasteiger partial charge >= 0.3 is 5.97 Å². The number of carbonyl (C=O) groups excluding carboxylic acids is 3. The number of ether oxygens (including phenoxy) is 1. The molecule has 7 nitrogen and oxygen atoms in total. The minimum atomic E-state index is -1.46. The number of nitrogens with one attached hydrogen (secondary N) is 1. The number of hydrogen-bond acceptors (Lipinski definition) is 5. The van der Waals surface area contributed by atoms with Gasteiger partial charge in [0.25, 0.3) is 5.91 Å². The molecule has 140 valence electrons. The fourth-order valence-electron chi connectivity index (χ4n) is 3.02. The van der Waals surface area contributed by atoms with Crippen LogP contribution in [-0.4, -0.2) is 35.5 Å². The van der Waals surface area contributed by atoms with Crippen LogP contribution in [0.3, 0.4) is 0 Å². The molecule has 0 saturated heterocycles. The predicted octanol–water partition coefficient (Wildman–Crippen LogP) is 2.03. The van der Waals surface area contributed by atoms with E-state index in [0.29, 0.717) is 16.9 Å². The van der Waals surface area contributed by atoms with Crippen LogP contribution in [0.5, 0.6) is 0 Å². The van der Waals surface area contributed by atoms with Crippen molar-refractivity contribution in [2.45, 2.75) is 25.5 Å². The molecule has 2 atom stereocenters. The molecule has 0 unspecified atom stereocenters. The lowest BCUT2D eigenvalue weighted by molar-refractivity contribution is -0.156. The number of nitrogens with zero attached hydrogens (tertiary/aromatic N) is 1. The Morgan fingerprint density at radius 3 is 2.59 bits per heavy atom. The monoisotopic (exact) mass is 368 g/mol. The average Bonchev–Trinajstić information content (AvgIpc) is 2.80. The number of fused-ring (bicyclic) bond motifs is 1. The highest BCUT2D eigenvalue weighted by atomic mass is 16.5. The Bertz CT molecular complexity index is 852. The van der Waals surface area contributed by atoms with Crippen molar-refractivity contribution >= 4 is 29.2 Å². The van der Waals surface area contributed by atoms with Crippen LogP contribution in [0.4, 0.5) is 11.4 Å². The minimum absolute atomic E-state index is 0.126. The number of para-hydroxylation sites is 2. The number of carbonyl (C=O) groups is 3. The fraction of sp³-hybridized carbons (Fsp3) is 0.250. The third kappa shape index (κ3) is 4.15. The first-order valence-corrected chi connectivity index (χ1v) is 8.58. The maximum atomic E-state index is 12.7. The lowest BCUT2D eigenvalue weighted by Crippen LogP contribution is -2.41. The zero-order valence-electron chi connectivity index (χ0n) is 14.8. The van der Waals surface area contributed by atoms with E-state index in [0.717, 1.165) is 0 Å². The van der Waals surface area contributed by atoms with Gasteiger partial charge in [-0.15, -0.1) is 0 Å². The molecule has 1 aliphatic rings. The fourth-order valence-corrected chi connectivity index (χ4v) is 3.02. The van der Waals surface area contributed by atoms with E-state index in [2.05, 4.69) is 5.32 Å². The number of benzene rings is 2. The molecule has 0 saturated carbocycles. The molecule has 3 rings (SSSR count). The third-order valence-electron chi connectivity index (χ3n) is 4.30. The summed E-state index contributed by atoms with van der Waals surface area (Å²) in [4.78, 5) is 38.2. The molecule has 1 aliphatic heterocycles. The molecular formula is C20H20N2O5. The van der Waals surface area contributed by atoms with Crippen LogP contribution in [0.2, 0.25) is 0 Å². The van der Waals surface area contributed by atoms with Gasteiger partial charge in [0.1, 0.15) is 0 Å². The van der Waals surface area contributed by atoms with Crippen molar-refractivity contribution in [3.05, 3.63) is 60.2 Å². The van der Waals surface area contributed by atoms with Crippen molar-refractivity contribution in [2.24, 2.45) is 0 Å². The minimum Gasteiger partial charge on any atom is -0.453 e. The van der Waals surface area contributed by atoms with Crippen molar-refractivity contribution in [3.8, 4) is 0 Å². The zero-order chi connectivity index (χ0) is 19.4. The molecule has 0 bridgehead atoms. The van der Waals surface area contributed by atoms with Crippen molar-refractivity contribution < 1.29 is 24.2 Å². The van der Waals surface area contributed by atoms with Gasteiger partial charge < -0.3 is 20.1 Å². The van der Waals surface area contributed by atoms with Crippen LogP contribution in [0.15, 0.2) is 54.6 Å². The molecule has 0 fully saturated rings. The number of hydrogen-bond donors (Lipinski definition) is 2. The Kier molecular flexibility index (Phi) is 5.52. The molecule has 1 heterocycles. The lowest BCUT2D eigenvalue weighted by atomic mass is 10.1. The molecule has 27 heavy (non-hydrogen) atoms. The summed E-state index contributed by atoms with van der Waals surface area (Å²) >= 11 is 0. The van der Waals surface area contributed by atoms with Gasteiger partial charge in [0.2, 0.25) is 5.91 Å². The first-order chi connectivity index (χ1) is 13.0. The van der Waals surface area contributed by atoms with E-state index in [1.807, 2.05) is 0 Å². The molecule has 7 heteroatoms. The van der Waals surface area contributed by atoms with Gasteiger partial charge in [-0.1, -0.05) is 42.5 Å². The maximum Gasteiger partial charge on any atom is 0.340 e. The Morgan fingerprint density at radius 2 is 1.85 bits per heavy atom. The maximum absolute atomic E-state index is 12.7. The van der Waals surface area contributed by atoms with E-state index in [4.69, 9.17) is 4.74 Å². The summed E-state index contributed by atoms with van der Waals surface area (Å²) in [6, 6.07) is 14.9. The van der Waals surface area contributed by atoms with E-state index in [9.17, 15) is 19.5 Å². The Balaban J connectivity index is 1.72. The van der Waals surface area contributed by atoms with Crippen LogP contribution in [0.25, 0.3) is 0 Å². The number of rotatable bonds is 4. The molecule has 0 spiro atoms. The Morgan fingerprint density at radius 1 is 1.19 bits per heavy atom. The number of anilines is 2. The zero-order valence-corrected chi connectivity index (χ0v) is 14.8. The summed E-state index contributed by atoms with van der Waals surface area (Å²) in [6.07, 6.45) is -1.34. The number of amides is 2. The van der Waals surface area contributed by atoms with Crippen molar-refractivity contribution in [3.63, 3.8) is 0 Å². The highest BCUT2D eigenvalue weighted by Gasteiger charge is 2.30. The van der Waals surface area contributed by atoms with Crippen LogP contribution in [0, 0.1) is 0 Å². The van der Waals surface area contributed by atoms with E-state index in [1.54, 1.807) is 61.5 Å². The average molecular weight is 368 g/mol. The summed E-state index contributed by atoms with van der Waals surface area (Å²) in [5.41, 5.74) is 1.45. The molecule has 2 aromatic carbocycles. The quantitative estimate of drug-likeness (QED) is 0.805. The normalized spacial score (nSPS) is 17.3. The van der Waals surface area contributed by atoms with Gasteiger partial charge in [-0.3, -0.25) is 9.59 Å². The van der Waals surface area contributed by atoms with Crippen molar-refractivity contribution in [1.29, 1.82) is 0 Å². The lowest BCUT2D eigenvalue weighted by Gasteiger charge is -2.27. The van der Waals surface area contributed by atoms with Crippen LogP contribution in [0.1, 0.15) is 25.0 Å². The molecule has 2 N–H and O–H groups in total. The van der Waals surface area contributed by atoms with Crippen molar-refractivity contribution in [2.75, 3.05) is 16.8 Å². The summed E-state index contributed by atoms with van der Waals surface area (Å²) in [5, 5.41) is 12.8. The van der Waals surface area contributed by atoms with Crippen LogP contribution >= 0.6 is 0 Å². The second-order valence-corrected chi connectivity index (χ2v) is 6.30. The van der Waals surface area contributed by atoms with E-state index >= 15 is 0 Å². The summed E-state index contributed by atoms with van der Waals surface area (Å²) in [5.74, 6) is -1.57. The van der Waals surface area contributed by atoms with Crippen LogP contribution < -0.4 is 10.2 Å². The second kappa shape index (κ2) is 8.01. The Labute approximate surface area is 156 Å². The SMILES string of the molecule is C[C@H]1CC(=O)Nc2ccccc2N1C(=O)COC(=O)[C@H](O)c1ccccc1. The molecule has 0 radical (unpaired) electrons. The molecule has 2 amide bonds. The van der Waals surface area contributed by atoms with Gasteiger partial charge in [0.05, 0.1) is 11.4 Å². The van der Waals surface area contributed by atoms with Gasteiger partial charge in [0, 0.05) is 12.5 Å². The van der Waals surface area contributed by atoms with E-state index in [1.165, 1.54) is 4.90 Å². The van der Waals surface area contributed by atoms with Gasteiger partial charge in [0.15, 0.2) is 12.7 Å². The topological polar surface area (TPSA) is 95.9 Å². The number of aliphatic hydroxyl groups is 1. The molecule has 0 aromatic heterocycles. The predicted molar refractivity (Wildman–Crippen MR) is 99.0 cm³/mol. The van der Waals surface area contributed by atoms with E-state index < -0.39 is 30.6 Å². The van der Waals surface area contributed by atoms with Gasteiger partial charge in [-0.2, -0.15) is 0 Å². The number of aliphatic hydroxyl groups excluding tert-OH is 1. The summed E-state index contributed by atoms with van der Waals surface area (Å²) in [6.45, 7) is 1.22.